The first kappa shape index (κ1) is 25.1. The molecule has 0 saturated heterocycles. The zero-order chi connectivity index (χ0) is 24.2. The van der Waals surface area contributed by atoms with Crippen molar-refractivity contribution in [2.24, 2.45) is 5.92 Å². The first-order valence-corrected chi connectivity index (χ1v) is 12.8. The molecule has 1 atom stereocenters. The summed E-state index contributed by atoms with van der Waals surface area (Å²) in [4.78, 5) is 15.5. The van der Waals surface area contributed by atoms with Gasteiger partial charge in [0, 0.05) is 31.2 Å². The van der Waals surface area contributed by atoms with Gasteiger partial charge in [-0.15, -0.1) is 0 Å². The van der Waals surface area contributed by atoms with Gasteiger partial charge in [0.05, 0.1) is 14.2 Å². The monoisotopic (exact) mass is 474 g/mol. The maximum absolute atomic E-state index is 13.7. The third kappa shape index (κ3) is 5.50. The molecule has 8 heteroatoms. The number of amides is 1. The molecular weight excluding hydrogens is 440 g/mol. The molecule has 180 valence electrons. The summed E-state index contributed by atoms with van der Waals surface area (Å²) in [5.74, 6) is 1.26. The Kier molecular flexibility index (Phi) is 8.02. The summed E-state index contributed by atoms with van der Waals surface area (Å²) in [5.41, 5.74) is 1.32. The maximum atomic E-state index is 13.7. The molecule has 0 radical (unpaired) electrons. The van der Waals surface area contributed by atoms with Crippen molar-refractivity contribution in [3.8, 4) is 11.5 Å². The van der Waals surface area contributed by atoms with Gasteiger partial charge < -0.3 is 14.4 Å². The summed E-state index contributed by atoms with van der Waals surface area (Å²) in [7, 11) is -0.740. The largest absolute Gasteiger partial charge is 0.497 e. The fraction of sp³-hybridized carbons (Fsp3) is 0.480. The fourth-order valence-corrected chi connectivity index (χ4v) is 5.68. The van der Waals surface area contributed by atoms with Crippen LogP contribution in [-0.4, -0.2) is 56.9 Å². The second-order valence-corrected chi connectivity index (χ2v) is 10.2. The highest BCUT2D eigenvalue weighted by atomic mass is 32.2. The highest BCUT2D eigenvalue weighted by molar-refractivity contribution is 7.89. The summed E-state index contributed by atoms with van der Waals surface area (Å²) in [6.07, 6.45) is 2.19. The molecule has 0 aromatic heterocycles. The Morgan fingerprint density at radius 3 is 2.18 bits per heavy atom. The number of benzene rings is 2. The lowest BCUT2D eigenvalue weighted by Gasteiger charge is -2.30. The van der Waals surface area contributed by atoms with E-state index in [1.807, 2.05) is 29.2 Å². The molecule has 0 spiro atoms. The molecular formula is C25H34N2O5S. The molecule has 1 fully saturated rings. The highest BCUT2D eigenvalue weighted by Crippen LogP contribution is 2.37. The van der Waals surface area contributed by atoms with Crippen LogP contribution in [0.25, 0.3) is 0 Å². The van der Waals surface area contributed by atoms with E-state index in [4.69, 9.17) is 9.47 Å². The van der Waals surface area contributed by atoms with E-state index in [0.29, 0.717) is 31.1 Å². The molecule has 3 rings (SSSR count). The van der Waals surface area contributed by atoms with E-state index in [1.54, 1.807) is 33.1 Å². The van der Waals surface area contributed by atoms with Crippen molar-refractivity contribution in [2.75, 3.05) is 27.3 Å². The Morgan fingerprint density at radius 1 is 1.03 bits per heavy atom. The first-order valence-electron chi connectivity index (χ1n) is 11.4. The van der Waals surface area contributed by atoms with Crippen molar-refractivity contribution in [3.05, 3.63) is 53.6 Å². The van der Waals surface area contributed by atoms with Gasteiger partial charge in [0.25, 0.3) is 5.91 Å². The van der Waals surface area contributed by atoms with Crippen molar-refractivity contribution >= 4 is 15.9 Å². The minimum Gasteiger partial charge on any atom is -0.497 e. The van der Waals surface area contributed by atoms with Gasteiger partial charge >= 0.3 is 0 Å². The minimum absolute atomic E-state index is 0.0167. The molecule has 2 aromatic rings. The number of carbonyl (C=O) groups excluding carboxylic acids is 1. The highest BCUT2D eigenvalue weighted by Gasteiger charge is 2.35. The van der Waals surface area contributed by atoms with Gasteiger partial charge in [0.1, 0.15) is 16.4 Å². The Hall–Kier alpha value is -2.58. The molecule has 1 amide bonds. The lowest BCUT2D eigenvalue weighted by Crippen LogP contribution is -2.39. The molecule has 0 aliphatic heterocycles. The normalized spacial score (nSPS) is 14.7. The number of rotatable bonds is 11. The van der Waals surface area contributed by atoms with Gasteiger partial charge in [0.15, 0.2) is 0 Å². The van der Waals surface area contributed by atoms with E-state index >= 15 is 0 Å². The number of methoxy groups -OCH3 is 2. The van der Waals surface area contributed by atoms with Crippen LogP contribution in [0.3, 0.4) is 0 Å². The molecule has 1 aliphatic rings. The summed E-state index contributed by atoms with van der Waals surface area (Å²) in [6.45, 7) is 6.75. The average Bonchev–Trinajstić information content (AvgIpc) is 3.68. The minimum atomic E-state index is -3.79. The van der Waals surface area contributed by atoms with E-state index in [1.165, 1.54) is 17.5 Å². The molecule has 0 heterocycles. The Bertz CT molecular complexity index is 1060. The first-order chi connectivity index (χ1) is 15.8. The standard InChI is InChI=1S/C25H34N2O5S/c1-6-26(7-2)33(29,30)24-16-21(12-15-23(24)32-5)25(28)27(18(3)20-10-11-20)17-19-8-13-22(31-4)14-9-19/h8-9,12-16,18,20H,6-7,10-11,17H2,1-5H3. The summed E-state index contributed by atoms with van der Waals surface area (Å²) in [5, 5.41) is 0. The zero-order valence-corrected chi connectivity index (χ0v) is 20.9. The molecule has 1 unspecified atom stereocenters. The second-order valence-electron chi connectivity index (χ2n) is 8.31. The van der Waals surface area contributed by atoms with Crippen LogP contribution in [0, 0.1) is 5.92 Å². The van der Waals surface area contributed by atoms with Crippen LogP contribution >= 0.6 is 0 Å². The number of hydrogen-bond acceptors (Lipinski definition) is 5. The lowest BCUT2D eigenvalue weighted by atomic mass is 10.1. The van der Waals surface area contributed by atoms with Crippen LogP contribution in [-0.2, 0) is 16.6 Å². The number of hydrogen-bond donors (Lipinski definition) is 0. The predicted molar refractivity (Wildman–Crippen MR) is 128 cm³/mol. The molecule has 0 N–H and O–H groups in total. The van der Waals surface area contributed by atoms with E-state index in [9.17, 15) is 13.2 Å². The summed E-state index contributed by atoms with van der Waals surface area (Å²) in [6, 6.07) is 12.4. The molecule has 2 aromatic carbocycles. The fourth-order valence-electron chi connectivity index (χ4n) is 4.04. The summed E-state index contributed by atoms with van der Waals surface area (Å²) >= 11 is 0. The van der Waals surface area contributed by atoms with Gasteiger partial charge in [-0.3, -0.25) is 4.79 Å². The van der Waals surface area contributed by atoms with Gasteiger partial charge in [-0.1, -0.05) is 26.0 Å². The van der Waals surface area contributed by atoms with Crippen molar-refractivity contribution in [1.29, 1.82) is 0 Å². The molecule has 33 heavy (non-hydrogen) atoms. The third-order valence-electron chi connectivity index (χ3n) is 6.30. The molecule has 7 nitrogen and oxygen atoms in total. The third-order valence-corrected chi connectivity index (χ3v) is 8.37. The van der Waals surface area contributed by atoms with E-state index in [2.05, 4.69) is 6.92 Å². The Balaban J connectivity index is 1.98. The number of sulfonamides is 1. The maximum Gasteiger partial charge on any atom is 0.254 e. The van der Waals surface area contributed by atoms with Crippen molar-refractivity contribution < 1.29 is 22.7 Å². The molecule has 1 aliphatic carbocycles. The SMILES string of the molecule is CCN(CC)S(=O)(=O)c1cc(C(=O)N(Cc2ccc(OC)cc2)C(C)C2CC2)ccc1OC. The smallest absolute Gasteiger partial charge is 0.254 e. The van der Waals surface area contributed by atoms with Crippen LogP contribution in [0.15, 0.2) is 47.4 Å². The number of nitrogens with zero attached hydrogens (tertiary/aromatic N) is 2. The van der Waals surface area contributed by atoms with Crippen LogP contribution in [0.1, 0.15) is 49.5 Å². The van der Waals surface area contributed by atoms with Crippen LogP contribution < -0.4 is 9.47 Å². The topological polar surface area (TPSA) is 76.2 Å². The van der Waals surface area contributed by atoms with Crippen molar-refractivity contribution in [3.63, 3.8) is 0 Å². The number of ether oxygens (including phenoxy) is 2. The average molecular weight is 475 g/mol. The molecule has 0 bridgehead atoms. The lowest BCUT2D eigenvalue weighted by molar-refractivity contribution is 0.0654. The van der Waals surface area contributed by atoms with Gasteiger partial charge in [0.2, 0.25) is 10.0 Å². The van der Waals surface area contributed by atoms with Crippen molar-refractivity contribution in [2.45, 2.75) is 51.1 Å². The summed E-state index contributed by atoms with van der Waals surface area (Å²) < 4.78 is 38.4. The van der Waals surface area contributed by atoms with Gasteiger partial charge in [-0.2, -0.15) is 4.31 Å². The Labute approximate surface area is 197 Å². The quantitative estimate of drug-likeness (QED) is 0.488. The number of carbonyl (C=O) groups is 1. The van der Waals surface area contributed by atoms with Gasteiger partial charge in [-0.25, -0.2) is 8.42 Å². The molecule has 1 saturated carbocycles. The van der Waals surface area contributed by atoms with Crippen LogP contribution in [0.5, 0.6) is 11.5 Å². The second kappa shape index (κ2) is 10.6. The van der Waals surface area contributed by atoms with Crippen molar-refractivity contribution in [1.82, 2.24) is 9.21 Å². The predicted octanol–water partition coefficient (Wildman–Crippen LogP) is 4.18. The van der Waals surface area contributed by atoms with E-state index in [0.717, 1.165) is 24.2 Å². The van der Waals surface area contributed by atoms with Gasteiger partial charge in [-0.05, 0) is 61.6 Å². The zero-order valence-electron chi connectivity index (χ0n) is 20.1. The Morgan fingerprint density at radius 2 is 1.67 bits per heavy atom. The van der Waals surface area contributed by atoms with Crippen LogP contribution in [0.2, 0.25) is 0 Å². The van der Waals surface area contributed by atoms with E-state index < -0.39 is 10.0 Å². The van der Waals surface area contributed by atoms with E-state index in [-0.39, 0.29) is 22.6 Å². The van der Waals surface area contributed by atoms with Crippen LogP contribution in [0.4, 0.5) is 0 Å².